The average Bonchev–Trinajstić information content (AvgIpc) is 3.20. The van der Waals surface area contributed by atoms with Crippen LogP contribution < -0.4 is 5.73 Å². The first-order valence-corrected chi connectivity index (χ1v) is 8.52. The molecule has 1 aliphatic rings. The normalized spacial score (nSPS) is 20.2. The van der Waals surface area contributed by atoms with Crippen LogP contribution in [0.15, 0.2) is 27.8 Å². The molecule has 0 amide bonds. The maximum atomic E-state index is 12.8. The van der Waals surface area contributed by atoms with Gasteiger partial charge in [-0.15, -0.1) is 0 Å². The molecule has 0 spiro atoms. The van der Waals surface area contributed by atoms with E-state index in [2.05, 4.69) is 14.5 Å². The van der Waals surface area contributed by atoms with Crippen LogP contribution in [0.4, 0.5) is 0 Å². The number of aryl methyl sites for hydroxylation is 1. The highest BCUT2D eigenvalue weighted by Gasteiger charge is 2.31. The van der Waals surface area contributed by atoms with Gasteiger partial charge in [-0.2, -0.15) is 4.36 Å². The number of rotatable bonds is 4. The lowest BCUT2D eigenvalue weighted by atomic mass is 10.1. The minimum atomic E-state index is -2.64. The van der Waals surface area contributed by atoms with E-state index in [9.17, 15) is 4.21 Å². The van der Waals surface area contributed by atoms with Gasteiger partial charge in [0.2, 0.25) is 0 Å². The van der Waals surface area contributed by atoms with Crippen molar-refractivity contribution in [1.82, 2.24) is 4.98 Å². The van der Waals surface area contributed by atoms with Gasteiger partial charge in [-0.3, -0.25) is 4.98 Å². The molecule has 0 radical (unpaired) electrons. The lowest BCUT2D eigenvalue weighted by molar-refractivity contribution is 0.317. The Hall–Kier alpha value is -1.63. The van der Waals surface area contributed by atoms with Crippen LogP contribution in [-0.4, -0.2) is 26.6 Å². The summed E-state index contributed by atoms with van der Waals surface area (Å²) in [5.74, 6) is 0.239. The van der Waals surface area contributed by atoms with Crippen LogP contribution in [0.5, 0.6) is 0 Å². The second kappa shape index (κ2) is 5.78. The summed E-state index contributed by atoms with van der Waals surface area (Å²) in [7, 11) is -2.64. The standard InChI is InChI=1S/C13H20N4O2S/c1-9-3-6-11(8-15-9)12(7-10-4-5-10)20(2,19)17-13(14)16-18/h3,6,8,10,12,18H,4-5,7H2,1-2H3,(H2,14,16). The molecule has 1 aliphatic carbocycles. The van der Waals surface area contributed by atoms with E-state index in [4.69, 9.17) is 10.9 Å². The minimum absolute atomic E-state index is 0.247. The predicted octanol–water partition coefficient (Wildman–Crippen LogP) is 2.03. The van der Waals surface area contributed by atoms with E-state index in [0.717, 1.165) is 30.5 Å². The Labute approximate surface area is 119 Å². The predicted molar refractivity (Wildman–Crippen MR) is 79.0 cm³/mol. The van der Waals surface area contributed by atoms with E-state index in [1.165, 1.54) is 0 Å². The smallest absolute Gasteiger partial charge is 0.265 e. The number of nitrogens with two attached hydrogens (primary N) is 1. The lowest BCUT2D eigenvalue weighted by Crippen LogP contribution is -2.18. The first kappa shape index (κ1) is 14.8. The fourth-order valence-electron chi connectivity index (χ4n) is 2.16. The van der Waals surface area contributed by atoms with Crippen LogP contribution in [-0.2, 0) is 9.73 Å². The molecule has 0 bridgehead atoms. The summed E-state index contributed by atoms with van der Waals surface area (Å²) in [5, 5.41) is 11.2. The van der Waals surface area contributed by atoms with Crippen LogP contribution in [0.1, 0.15) is 35.8 Å². The maximum absolute atomic E-state index is 12.8. The zero-order valence-corrected chi connectivity index (χ0v) is 12.5. The highest BCUT2D eigenvalue weighted by Crippen LogP contribution is 2.41. The number of oxime groups is 1. The van der Waals surface area contributed by atoms with Crippen molar-refractivity contribution < 1.29 is 9.42 Å². The van der Waals surface area contributed by atoms with Gasteiger partial charge in [0.1, 0.15) is 0 Å². The van der Waals surface area contributed by atoms with Crippen LogP contribution in [0.2, 0.25) is 0 Å². The Morgan fingerprint density at radius 3 is 2.80 bits per heavy atom. The van der Waals surface area contributed by atoms with Crippen molar-refractivity contribution in [3.63, 3.8) is 0 Å². The first-order chi connectivity index (χ1) is 9.42. The SMILES string of the molecule is Cc1ccc(C(CC2CC2)S(C)(=O)=N/C(N)=N/O)cn1. The summed E-state index contributed by atoms with van der Waals surface area (Å²) in [6.07, 6.45) is 6.41. The van der Waals surface area contributed by atoms with Crippen molar-refractivity contribution in [3.8, 4) is 0 Å². The molecule has 3 N–H and O–H groups in total. The third-order valence-corrected chi connectivity index (χ3v) is 5.53. The van der Waals surface area contributed by atoms with Gasteiger partial charge in [0.15, 0.2) is 0 Å². The fourth-order valence-corrected chi connectivity index (χ4v) is 3.97. The van der Waals surface area contributed by atoms with Gasteiger partial charge in [-0.1, -0.05) is 18.9 Å². The third kappa shape index (κ3) is 3.69. The number of pyridine rings is 1. The van der Waals surface area contributed by atoms with E-state index in [-0.39, 0.29) is 11.2 Å². The first-order valence-electron chi connectivity index (χ1n) is 6.53. The molecule has 1 heterocycles. The molecule has 2 unspecified atom stereocenters. The molecule has 20 heavy (non-hydrogen) atoms. The molecule has 7 heteroatoms. The molecule has 2 rings (SSSR count). The van der Waals surface area contributed by atoms with Gasteiger partial charge in [-0.25, -0.2) is 4.21 Å². The molecule has 1 saturated carbocycles. The number of hydrogen-bond acceptors (Lipinski definition) is 4. The van der Waals surface area contributed by atoms with Crippen molar-refractivity contribution in [1.29, 1.82) is 0 Å². The largest absolute Gasteiger partial charge is 0.408 e. The molecule has 0 aromatic carbocycles. The second-order valence-corrected chi connectivity index (χ2v) is 7.79. The Kier molecular flexibility index (Phi) is 4.27. The number of nitrogens with zero attached hydrogens (tertiary/aromatic N) is 3. The van der Waals surface area contributed by atoms with Crippen LogP contribution in [0, 0.1) is 12.8 Å². The average molecular weight is 296 g/mol. The number of guanidine groups is 1. The topological polar surface area (TPSA) is 101 Å². The molecule has 0 saturated heterocycles. The Morgan fingerprint density at radius 1 is 1.60 bits per heavy atom. The quantitative estimate of drug-likeness (QED) is 0.384. The molecule has 1 aromatic rings. The fraction of sp³-hybridized carbons (Fsp3) is 0.538. The van der Waals surface area contributed by atoms with Gasteiger partial charge in [0, 0.05) is 18.1 Å². The van der Waals surface area contributed by atoms with Gasteiger partial charge in [0.05, 0.1) is 15.0 Å². The van der Waals surface area contributed by atoms with Gasteiger partial charge in [-0.05, 0) is 36.0 Å². The zero-order valence-electron chi connectivity index (χ0n) is 11.7. The Balaban J connectivity index is 2.38. The van der Waals surface area contributed by atoms with Crippen LogP contribution >= 0.6 is 0 Å². The highest BCUT2D eigenvalue weighted by atomic mass is 32.2. The van der Waals surface area contributed by atoms with Crippen LogP contribution in [0.3, 0.4) is 0 Å². The van der Waals surface area contributed by atoms with Gasteiger partial charge in [0.25, 0.3) is 5.96 Å². The van der Waals surface area contributed by atoms with E-state index in [1.54, 1.807) is 12.5 Å². The van der Waals surface area contributed by atoms with E-state index in [1.807, 2.05) is 19.1 Å². The molecule has 1 fully saturated rings. The summed E-state index contributed by atoms with van der Waals surface area (Å²) in [6, 6.07) is 3.83. The number of aromatic nitrogens is 1. The zero-order chi connectivity index (χ0) is 14.8. The summed E-state index contributed by atoms with van der Waals surface area (Å²) < 4.78 is 16.7. The summed E-state index contributed by atoms with van der Waals surface area (Å²) in [4.78, 5) is 4.26. The van der Waals surface area contributed by atoms with Crippen molar-refractivity contribution in [3.05, 3.63) is 29.6 Å². The molecule has 6 nitrogen and oxygen atoms in total. The molecule has 110 valence electrons. The maximum Gasteiger partial charge on any atom is 0.265 e. The molecule has 0 aliphatic heterocycles. The van der Waals surface area contributed by atoms with Crippen molar-refractivity contribution >= 4 is 15.7 Å². The Bertz CT molecular complexity index is 614. The molecule has 1 aromatic heterocycles. The highest BCUT2D eigenvalue weighted by molar-refractivity contribution is 7.93. The minimum Gasteiger partial charge on any atom is -0.408 e. The number of hydrogen-bond donors (Lipinski definition) is 2. The monoisotopic (exact) mass is 296 g/mol. The van der Waals surface area contributed by atoms with Crippen molar-refractivity contribution in [2.24, 2.45) is 21.2 Å². The summed E-state index contributed by atoms with van der Waals surface area (Å²) >= 11 is 0. The van der Waals surface area contributed by atoms with Gasteiger partial charge < -0.3 is 10.9 Å². The van der Waals surface area contributed by atoms with E-state index < -0.39 is 9.73 Å². The van der Waals surface area contributed by atoms with E-state index >= 15 is 0 Å². The van der Waals surface area contributed by atoms with Crippen LogP contribution in [0.25, 0.3) is 0 Å². The summed E-state index contributed by atoms with van der Waals surface area (Å²) in [6.45, 7) is 1.91. The van der Waals surface area contributed by atoms with Crippen molar-refractivity contribution in [2.75, 3.05) is 6.26 Å². The molecule has 2 atom stereocenters. The Morgan fingerprint density at radius 2 is 2.30 bits per heavy atom. The molecular weight excluding hydrogens is 276 g/mol. The van der Waals surface area contributed by atoms with Crippen molar-refractivity contribution in [2.45, 2.75) is 31.4 Å². The molecular formula is C13H20N4O2S. The summed E-state index contributed by atoms with van der Waals surface area (Å²) in [5.41, 5.74) is 7.19. The van der Waals surface area contributed by atoms with E-state index in [0.29, 0.717) is 5.92 Å². The third-order valence-electron chi connectivity index (χ3n) is 3.46. The van der Waals surface area contributed by atoms with Gasteiger partial charge >= 0.3 is 0 Å². The second-order valence-electron chi connectivity index (χ2n) is 5.31. The lowest BCUT2D eigenvalue weighted by Gasteiger charge is -2.18.